The van der Waals surface area contributed by atoms with Crippen molar-refractivity contribution >= 4 is 52.4 Å². The van der Waals surface area contributed by atoms with E-state index in [9.17, 15) is 33.9 Å². The number of primary amides is 1. The van der Waals surface area contributed by atoms with Gasteiger partial charge in [-0.05, 0) is 30.9 Å². The number of carbonyl (C=O) groups is 6. The number of nitrogens with one attached hydrogen (secondary N) is 4. The first-order valence-electron chi connectivity index (χ1n) is 13.3. The van der Waals surface area contributed by atoms with E-state index in [0.717, 1.165) is 10.9 Å². The number of aromatic amines is 1. The molecule has 0 fully saturated rings. The molecule has 4 atom stereocenters. The van der Waals surface area contributed by atoms with Crippen LogP contribution in [0.2, 0.25) is 0 Å². The fourth-order valence-electron chi connectivity index (χ4n) is 4.14. The molecule has 0 radical (unpaired) electrons. The molecular weight excluding hydrogens is 566 g/mol. The van der Waals surface area contributed by atoms with Gasteiger partial charge in [-0.15, -0.1) is 0 Å². The lowest BCUT2D eigenvalue weighted by Crippen LogP contribution is -2.58. The molecule has 2 rings (SSSR count). The van der Waals surface area contributed by atoms with Crippen LogP contribution in [-0.2, 0) is 35.2 Å². The molecule has 1 heterocycles. The van der Waals surface area contributed by atoms with Crippen molar-refractivity contribution in [3.05, 3.63) is 36.0 Å². The summed E-state index contributed by atoms with van der Waals surface area (Å²) in [5.41, 5.74) is 23.0. The minimum Gasteiger partial charge on any atom is -0.481 e. The highest BCUT2D eigenvalue weighted by Gasteiger charge is 2.31. The number of aliphatic imine (C=N–C) groups is 1. The molecule has 4 unspecified atom stereocenters. The second-order valence-corrected chi connectivity index (χ2v) is 9.74. The minimum atomic E-state index is -1.66. The Labute approximate surface area is 245 Å². The zero-order valence-corrected chi connectivity index (χ0v) is 23.2. The van der Waals surface area contributed by atoms with Crippen molar-refractivity contribution in [1.29, 1.82) is 0 Å². The molecule has 0 saturated carbocycles. The summed E-state index contributed by atoms with van der Waals surface area (Å²) >= 11 is 0. The number of H-pyrrole nitrogens is 1. The van der Waals surface area contributed by atoms with E-state index in [1.165, 1.54) is 0 Å². The van der Waals surface area contributed by atoms with Crippen LogP contribution in [0.4, 0.5) is 0 Å². The Hall–Kier alpha value is -5.19. The number of hydrogen-bond acceptors (Lipinski definition) is 8. The summed E-state index contributed by atoms with van der Waals surface area (Å²) in [6.07, 6.45) is 0.500. The molecule has 0 aliphatic heterocycles. The number of nitrogens with zero attached hydrogens (tertiary/aromatic N) is 1. The maximum Gasteiger partial charge on any atom is 0.326 e. The van der Waals surface area contributed by atoms with Gasteiger partial charge in [-0.1, -0.05) is 18.2 Å². The fraction of sp³-hybridized carbons (Fsp3) is 0.423. The molecular formula is C26H37N9O8. The number of para-hydroxylation sites is 1. The Morgan fingerprint density at radius 1 is 0.860 bits per heavy atom. The first-order valence-corrected chi connectivity index (χ1v) is 13.3. The van der Waals surface area contributed by atoms with Gasteiger partial charge in [-0.3, -0.25) is 29.0 Å². The van der Waals surface area contributed by atoms with Crippen LogP contribution >= 0.6 is 0 Å². The Bertz CT molecular complexity index is 1360. The summed E-state index contributed by atoms with van der Waals surface area (Å²) in [7, 11) is 0. The molecule has 0 aliphatic rings. The lowest BCUT2D eigenvalue weighted by Gasteiger charge is -2.25. The number of amides is 4. The van der Waals surface area contributed by atoms with Gasteiger partial charge in [0.05, 0.1) is 12.5 Å². The van der Waals surface area contributed by atoms with Gasteiger partial charge in [-0.2, -0.15) is 0 Å². The minimum absolute atomic E-state index is 0.000848. The van der Waals surface area contributed by atoms with Crippen molar-refractivity contribution in [1.82, 2.24) is 20.9 Å². The maximum atomic E-state index is 13.5. The lowest BCUT2D eigenvalue weighted by molar-refractivity contribution is -0.143. The molecule has 17 nitrogen and oxygen atoms in total. The summed E-state index contributed by atoms with van der Waals surface area (Å²) in [5.74, 6) is -6.34. The van der Waals surface area contributed by atoms with Crippen molar-refractivity contribution in [2.45, 2.75) is 62.7 Å². The van der Waals surface area contributed by atoms with Crippen LogP contribution < -0.4 is 38.9 Å². The van der Waals surface area contributed by atoms with E-state index >= 15 is 0 Å². The molecule has 1 aromatic heterocycles. The van der Waals surface area contributed by atoms with Gasteiger partial charge in [0.1, 0.15) is 18.1 Å². The largest absolute Gasteiger partial charge is 0.481 e. The second-order valence-electron chi connectivity index (χ2n) is 9.74. The van der Waals surface area contributed by atoms with Crippen molar-refractivity contribution in [2.24, 2.45) is 27.9 Å². The molecule has 0 spiro atoms. The molecule has 0 aliphatic carbocycles. The van der Waals surface area contributed by atoms with Gasteiger partial charge in [0, 0.05) is 36.5 Å². The summed E-state index contributed by atoms with van der Waals surface area (Å²) in [6.45, 7) is 0.111. The molecule has 2 aromatic rings. The number of fused-ring (bicyclic) bond motifs is 1. The molecule has 17 heteroatoms. The Morgan fingerprint density at radius 2 is 1.49 bits per heavy atom. The number of nitrogens with two attached hydrogens (primary N) is 4. The zero-order chi connectivity index (χ0) is 32.1. The first-order chi connectivity index (χ1) is 20.3. The average Bonchev–Trinajstić information content (AvgIpc) is 3.34. The monoisotopic (exact) mass is 603 g/mol. The number of aliphatic carboxylic acids is 2. The molecule has 234 valence electrons. The van der Waals surface area contributed by atoms with Crippen molar-refractivity contribution in [3.63, 3.8) is 0 Å². The Kier molecular flexibility index (Phi) is 12.9. The van der Waals surface area contributed by atoms with E-state index in [-0.39, 0.29) is 44.6 Å². The molecule has 14 N–H and O–H groups in total. The first kappa shape index (κ1) is 34.0. The highest BCUT2D eigenvalue weighted by atomic mass is 16.4. The van der Waals surface area contributed by atoms with E-state index < -0.39 is 66.2 Å². The SMILES string of the molecule is NC(=O)CC(NC(=O)C(Cc1c[nH]c2ccccc12)NC(=O)C(CCCN=C(N)N)NC(=O)C(N)CCC(=O)O)C(=O)O. The summed E-state index contributed by atoms with van der Waals surface area (Å²) in [6, 6.07) is 1.65. The highest BCUT2D eigenvalue weighted by Crippen LogP contribution is 2.19. The predicted octanol–water partition coefficient (Wildman–Crippen LogP) is -2.63. The van der Waals surface area contributed by atoms with Crippen molar-refractivity contribution in [3.8, 4) is 0 Å². The van der Waals surface area contributed by atoms with E-state index in [4.69, 9.17) is 28.0 Å². The van der Waals surface area contributed by atoms with Gasteiger partial charge < -0.3 is 54.1 Å². The summed E-state index contributed by atoms with van der Waals surface area (Å²) in [5, 5.41) is 26.4. The number of benzene rings is 1. The van der Waals surface area contributed by atoms with Crippen LogP contribution in [0.1, 0.15) is 37.7 Å². The van der Waals surface area contributed by atoms with Crippen LogP contribution in [-0.4, -0.2) is 87.4 Å². The Morgan fingerprint density at radius 3 is 2.12 bits per heavy atom. The van der Waals surface area contributed by atoms with Crippen molar-refractivity contribution < 1.29 is 39.0 Å². The van der Waals surface area contributed by atoms with Gasteiger partial charge in [0.15, 0.2) is 5.96 Å². The van der Waals surface area contributed by atoms with Crippen LogP contribution in [0.5, 0.6) is 0 Å². The smallest absolute Gasteiger partial charge is 0.326 e. The van der Waals surface area contributed by atoms with E-state index in [0.29, 0.717) is 5.56 Å². The van der Waals surface area contributed by atoms with Crippen LogP contribution in [0.25, 0.3) is 10.9 Å². The summed E-state index contributed by atoms with van der Waals surface area (Å²) in [4.78, 5) is 80.3. The standard InChI is InChI=1S/C26H37N9O8/c27-15(7-8-21(37)38)22(39)33-17(6-3-9-31-26(29)30)23(40)34-18(24(41)35-19(25(42)43)11-20(28)36)10-13-12-32-16-5-2-1-4-14(13)16/h1-2,4-5,12,15,17-19,32H,3,6-11,27H2,(H2,28,36)(H,33,39)(H,34,40)(H,35,41)(H,37,38)(H,42,43)(H4,29,30,31). The average molecular weight is 604 g/mol. The third-order valence-electron chi connectivity index (χ3n) is 6.34. The number of carboxylic acid groups (broad SMARTS) is 2. The zero-order valence-electron chi connectivity index (χ0n) is 23.2. The number of hydrogen-bond donors (Lipinski definition) is 10. The third-order valence-corrected chi connectivity index (χ3v) is 6.34. The maximum absolute atomic E-state index is 13.5. The number of aromatic nitrogens is 1. The van der Waals surface area contributed by atoms with Crippen LogP contribution in [0.3, 0.4) is 0 Å². The van der Waals surface area contributed by atoms with Gasteiger partial charge in [0.25, 0.3) is 0 Å². The summed E-state index contributed by atoms with van der Waals surface area (Å²) < 4.78 is 0. The number of carbonyl (C=O) groups excluding carboxylic acids is 4. The third kappa shape index (κ3) is 11.3. The predicted molar refractivity (Wildman–Crippen MR) is 154 cm³/mol. The molecule has 1 aromatic carbocycles. The number of carboxylic acids is 2. The topological polar surface area (TPSA) is 311 Å². The molecule has 0 bridgehead atoms. The molecule has 4 amide bonds. The number of guanidine groups is 1. The normalized spacial score (nSPS) is 13.6. The quantitative estimate of drug-likeness (QED) is 0.0477. The molecule has 0 saturated heterocycles. The molecule has 43 heavy (non-hydrogen) atoms. The second kappa shape index (κ2) is 16.3. The lowest BCUT2D eigenvalue weighted by atomic mass is 10.0. The Balaban J connectivity index is 2.33. The van der Waals surface area contributed by atoms with E-state index in [2.05, 4.69) is 25.9 Å². The van der Waals surface area contributed by atoms with Gasteiger partial charge >= 0.3 is 11.9 Å². The fourth-order valence-corrected chi connectivity index (χ4v) is 4.14. The van der Waals surface area contributed by atoms with E-state index in [1.54, 1.807) is 30.5 Å². The highest BCUT2D eigenvalue weighted by molar-refractivity contribution is 5.95. The number of rotatable bonds is 18. The van der Waals surface area contributed by atoms with Gasteiger partial charge in [-0.25, -0.2) is 4.79 Å². The van der Waals surface area contributed by atoms with E-state index in [1.807, 2.05) is 0 Å². The van der Waals surface area contributed by atoms with Crippen molar-refractivity contribution in [2.75, 3.05) is 6.54 Å². The van der Waals surface area contributed by atoms with Gasteiger partial charge in [0.2, 0.25) is 23.6 Å². The van der Waals surface area contributed by atoms with Crippen LogP contribution in [0, 0.1) is 0 Å². The van der Waals surface area contributed by atoms with Crippen LogP contribution in [0.15, 0.2) is 35.5 Å².